The van der Waals surface area contributed by atoms with Gasteiger partial charge in [0.1, 0.15) is 0 Å². The molecule has 3 rings (SSSR count). The number of benzene rings is 3. The van der Waals surface area contributed by atoms with Crippen molar-refractivity contribution in [1.82, 2.24) is 4.90 Å². The summed E-state index contributed by atoms with van der Waals surface area (Å²) in [5.41, 5.74) is 5.08. The highest BCUT2D eigenvalue weighted by molar-refractivity contribution is 5.63. The Balaban J connectivity index is 1.55. The maximum absolute atomic E-state index is 5.39. The summed E-state index contributed by atoms with van der Waals surface area (Å²) in [6, 6.07) is 25.4. The molecule has 3 aromatic rings. The van der Waals surface area contributed by atoms with Crippen LogP contribution in [0.3, 0.4) is 0 Å². The van der Waals surface area contributed by atoms with E-state index in [0.29, 0.717) is 0 Å². The van der Waals surface area contributed by atoms with Gasteiger partial charge in [0.25, 0.3) is 0 Å². The Kier molecular flexibility index (Phi) is 6.50. The van der Waals surface area contributed by atoms with E-state index in [1.165, 1.54) is 22.3 Å². The molecule has 0 bridgehead atoms. The van der Waals surface area contributed by atoms with E-state index in [-0.39, 0.29) is 0 Å². The van der Waals surface area contributed by atoms with Crippen LogP contribution in [0.15, 0.2) is 72.8 Å². The Bertz CT molecular complexity index is 844. The zero-order valence-corrected chi connectivity index (χ0v) is 16.3. The van der Waals surface area contributed by atoms with Crippen molar-refractivity contribution in [3.05, 3.63) is 83.9 Å². The largest absolute Gasteiger partial charge is 0.493 e. The van der Waals surface area contributed by atoms with Gasteiger partial charge in [-0.05, 0) is 47.9 Å². The van der Waals surface area contributed by atoms with Gasteiger partial charge in [-0.2, -0.15) is 0 Å². The van der Waals surface area contributed by atoms with E-state index in [1.54, 1.807) is 14.2 Å². The van der Waals surface area contributed by atoms with Gasteiger partial charge in [-0.25, -0.2) is 0 Å². The number of hydrogen-bond donors (Lipinski definition) is 0. The maximum atomic E-state index is 5.39. The van der Waals surface area contributed by atoms with E-state index in [0.717, 1.165) is 31.0 Å². The average Bonchev–Trinajstić information content (AvgIpc) is 2.73. The highest BCUT2D eigenvalue weighted by Gasteiger charge is 2.06. The first-order valence-electron chi connectivity index (χ1n) is 9.23. The lowest BCUT2D eigenvalue weighted by Crippen LogP contribution is -2.20. The molecule has 0 saturated carbocycles. The second-order valence-electron chi connectivity index (χ2n) is 6.74. The number of nitrogens with zero attached hydrogens (tertiary/aromatic N) is 1. The Hall–Kier alpha value is -2.78. The highest BCUT2D eigenvalue weighted by atomic mass is 16.5. The van der Waals surface area contributed by atoms with Crippen LogP contribution in [0.4, 0.5) is 0 Å². The molecule has 3 nitrogen and oxygen atoms in total. The summed E-state index contributed by atoms with van der Waals surface area (Å²) in [7, 11) is 5.49. The molecule has 0 amide bonds. The van der Waals surface area contributed by atoms with Gasteiger partial charge in [-0.15, -0.1) is 0 Å². The van der Waals surface area contributed by atoms with Crippen molar-refractivity contribution in [3.8, 4) is 22.6 Å². The third kappa shape index (κ3) is 5.11. The average molecular weight is 361 g/mol. The Morgan fingerprint density at radius 1 is 0.704 bits per heavy atom. The quantitative estimate of drug-likeness (QED) is 0.561. The molecule has 0 N–H and O–H groups in total. The lowest BCUT2D eigenvalue weighted by molar-refractivity contribution is 0.330. The van der Waals surface area contributed by atoms with Crippen molar-refractivity contribution in [2.24, 2.45) is 0 Å². The van der Waals surface area contributed by atoms with Gasteiger partial charge in [-0.1, -0.05) is 60.7 Å². The first-order chi connectivity index (χ1) is 13.2. The summed E-state index contributed by atoms with van der Waals surface area (Å²) >= 11 is 0. The van der Waals surface area contributed by atoms with Gasteiger partial charge in [0.2, 0.25) is 0 Å². The predicted octanol–water partition coefficient (Wildman–Crippen LogP) is 5.05. The number of likely N-dealkylation sites (N-methyl/N-ethyl adjacent to an activating group) is 1. The predicted molar refractivity (Wildman–Crippen MR) is 111 cm³/mol. The third-order valence-corrected chi connectivity index (χ3v) is 4.74. The van der Waals surface area contributed by atoms with Crippen molar-refractivity contribution >= 4 is 0 Å². The van der Waals surface area contributed by atoms with Gasteiger partial charge in [0.05, 0.1) is 14.2 Å². The summed E-state index contributed by atoms with van der Waals surface area (Å²) in [5, 5.41) is 0. The molecular weight excluding hydrogens is 334 g/mol. The molecule has 0 heterocycles. The van der Waals surface area contributed by atoms with Crippen LogP contribution in [0, 0.1) is 0 Å². The van der Waals surface area contributed by atoms with Crippen LogP contribution in [-0.4, -0.2) is 32.7 Å². The molecule has 0 aromatic heterocycles. The van der Waals surface area contributed by atoms with E-state index in [2.05, 4.69) is 72.6 Å². The molecule has 0 saturated heterocycles. The van der Waals surface area contributed by atoms with Gasteiger partial charge in [-0.3, -0.25) is 0 Å². The van der Waals surface area contributed by atoms with Crippen LogP contribution in [0.5, 0.6) is 11.5 Å². The van der Waals surface area contributed by atoms with Crippen molar-refractivity contribution in [2.75, 3.05) is 27.8 Å². The van der Waals surface area contributed by atoms with Crippen LogP contribution in [0.2, 0.25) is 0 Å². The van der Waals surface area contributed by atoms with Crippen molar-refractivity contribution in [1.29, 1.82) is 0 Å². The van der Waals surface area contributed by atoms with Crippen LogP contribution in [0.1, 0.15) is 11.1 Å². The van der Waals surface area contributed by atoms with Crippen LogP contribution < -0.4 is 9.47 Å². The Morgan fingerprint density at radius 2 is 1.33 bits per heavy atom. The van der Waals surface area contributed by atoms with Crippen LogP contribution in [0.25, 0.3) is 11.1 Å². The Morgan fingerprint density at radius 3 is 2.00 bits per heavy atom. The molecule has 0 unspecified atom stereocenters. The third-order valence-electron chi connectivity index (χ3n) is 4.74. The molecule has 3 heteroatoms. The monoisotopic (exact) mass is 361 g/mol. The fourth-order valence-corrected chi connectivity index (χ4v) is 3.18. The summed E-state index contributed by atoms with van der Waals surface area (Å²) in [4.78, 5) is 2.34. The number of rotatable bonds is 8. The summed E-state index contributed by atoms with van der Waals surface area (Å²) < 4.78 is 10.7. The van der Waals surface area contributed by atoms with Crippen molar-refractivity contribution < 1.29 is 9.47 Å². The lowest BCUT2D eigenvalue weighted by Gasteiger charge is -2.17. The second-order valence-corrected chi connectivity index (χ2v) is 6.74. The van der Waals surface area contributed by atoms with E-state index >= 15 is 0 Å². The molecule has 27 heavy (non-hydrogen) atoms. The van der Waals surface area contributed by atoms with Crippen molar-refractivity contribution in [2.45, 2.75) is 13.0 Å². The fourth-order valence-electron chi connectivity index (χ4n) is 3.18. The van der Waals surface area contributed by atoms with Gasteiger partial charge < -0.3 is 14.4 Å². The minimum absolute atomic E-state index is 0.771. The number of methoxy groups -OCH3 is 2. The lowest BCUT2D eigenvalue weighted by atomic mass is 10.0. The highest BCUT2D eigenvalue weighted by Crippen LogP contribution is 2.27. The normalized spacial score (nSPS) is 10.8. The van der Waals surface area contributed by atoms with E-state index < -0.39 is 0 Å². The molecule has 0 spiro atoms. The first-order valence-corrected chi connectivity index (χ1v) is 9.23. The number of hydrogen-bond acceptors (Lipinski definition) is 3. The van der Waals surface area contributed by atoms with E-state index in [4.69, 9.17) is 9.47 Å². The molecule has 0 aliphatic carbocycles. The number of ether oxygens (including phenoxy) is 2. The minimum atomic E-state index is 0.771. The summed E-state index contributed by atoms with van der Waals surface area (Å²) in [5.74, 6) is 1.56. The molecular formula is C24H27NO2. The molecule has 3 aromatic carbocycles. The fraction of sp³-hybridized carbons (Fsp3) is 0.250. The molecule has 0 atom stereocenters. The molecule has 140 valence electrons. The molecule has 0 radical (unpaired) electrons. The van der Waals surface area contributed by atoms with Gasteiger partial charge >= 0.3 is 0 Å². The van der Waals surface area contributed by atoms with Gasteiger partial charge in [0, 0.05) is 13.1 Å². The topological polar surface area (TPSA) is 21.7 Å². The van der Waals surface area contributed by atoms with E-state index in [1.807, 2.05) is 12.1 Å². The van der Waals surface area contributed by atoms with Gasteiger partial charge in [0.15, 0.2) is 11.5 Å². The van der Waals surface area contributed by atoms with Crippen molar-refractivity contribution in [3.63, 3.8) is 0 Å². The zero-order valence-electron chi connectivity index (χ0n) is 16.3. The zero-order chi connectivity index (χ0) is 19.1. The Labute approximate surface area is 162 Å². The van der Waals surface area contributed by atoms with E-state index in [9.17, 15) is 0 Å². The molecule has 0 fully saturated rings. The smallest absolute Gasteiger partial charge is 0.160 e. The maximum Gasteiger partial charge on any atom is 0.160 e. The molecule has 0 aliphatic rings. The minimum Gasteiger partial charge on any atom is -0.493 e. The van der Waals surface area contributed by atoms with Crippen LogP contribution >= 0.6 is 0 Å². The second kappa shape index (κ2) is 9.24. The van der Waals surface area contributed by atoms with Crippen LogP contribution in [-0.2, 0) is 13.0 Å². The first kappa shape index (κ1) is 19.0. The molecule has 0 aliphatic heterocycles. The standard InChI is InChI=1S/C24H27NO2/c1-25(16-15-19-11-14-23(26-2)24(17-19)27-3)18-20-9-12-22(13-10-20)21-7-5-4-6-8-21/h4-14,17H,15-16,18H2,1-3H3. The summed E-state index contributed by atoms with van der Waals surface area (Å²) in [6.45, 7) is 1.91. The SMILES string of the molecule is COc1ccc(CCN(C)Cc2ccc(-c3ccccc3)cc2)cc1OC. The summed E-state index contributed by atoms with van der Waals surface area (Å²) in [6.07, 6.45) is 0.971.